The lowest BCUT2D eigenvalue weighted by Crippen LogP contribution is -2.32. The summed E-state index contributed by atoms with van der Waals surface area (Å²) in [4.78, 5) is 23.2. The zero-order valence-electron chi connectivity index (χ0n) is 8.77. The molecule has 0 aromatic heterocycles. The minimum absolute atomic E-state index is 0.000278. The van der Waals surface area contributed by atoms with E-state index < -0.39 is 4.92 Å². The Labute approximate surface area is 92.0 Å². The average molecular weight is 221 g/mol. The Morgan fingerprint density at radius 1 is 1.44 bits per heavy atom. The minimum atomic E-state index is -0.461. The molecule has 1 heterocycles. The van der Waals surface area contributed by atoms with E-state index in [4.69, 9.17) is 0 Å². The second kappa shape index (κ2) is 3.90. The Morgan fingerprint density at radius 2 is 2.19 bits per heavy atom. The molecule has 1 aromatic rings. The van der Waals surface area contributed by atoms with Crippen molar-refractivity contribution in [3.8, 4) is 0 Å². The van der Waals surface area contributed by atoms with Crippen molar-refractivity contribution >= 4 is 17.3 Å². The second-order valence-electron chi connectivity index (χ2n) is 3.63. The highest BCUT2D eigenvalue weighted by Gasteiger charge is 2.20. The summed E-state index contributed by atoms with van der Waals surface area (Å²) in [5.41, 5.74) is 1.49. The van der Waals surface area contributed by atoms with E-state index in [9.17, 15) is 14.9 Å². The fourth-order valence-corrected chi connectivity index (χ4v) is 1.68. The quantitative estimate of drug-likeness (QED) is 0.558. The highest BCUT2D eigenvalue weighted by molar-refractivity contribution is 5.96. The van der Waals surface area contributed by atoms with E-state index in [1.165, 1.54) is 17.0 Å². The number of carbonyl (C=O) groups is 1. The summed E-state index contributed by atoms with van der Waals surface area (Å²) in [6, 6.07) is 4.56. The third-order valence-corrected chi connectivity index (χ3v) is 2.61. The van der Waals surface area contributed by atoms with Gasteiger partial charge in [-0.15, -0.1) is 0 Å². The van der Waals surface area contributed by atoms with Crippen molar-refractivity contribution in [3.63, 3.8) is 0 Å². The Morgan fingerprint density at radius 3 is 2.88 bits per heavy atom. The average Bonchev–Trinajstić information content (AvgIpc) is 2.40. The Kier molecular flexibility index (Phi) is 2.57. The van der Waals surface area contributed by atoms with Gasteiger partial charge in [-0.3, -0.25) is 14.9 Å². The third kappa shape index (κ3) is 1.74. The zero-order valence-corrected chi connectivity index (χ0v) is 8.77. The van der Waals surface area contributed by atoms with Gasteiger partial charge in [0.05, 0.1) is 17.2 Å². The normalized spacial score (nSPS) is 15.6. The molecule has 0 aliphatic carbocycles. The molecule has 0 atom stereocenters. The smallest absolute Gasteiger partial charge is 0.271 e. The van der Waals surface area contributed by atoms with Gasteiger partial charge in [0.1, 0.15) is 0 Å². The number of fused-ring (bicyclic) bond motifs is 1. The van der Waals surface area contributed by atoms with E-state index in [0.717, 1.165) is 5.56 Å². The molecule has 0 spiro atoms. The van der Waals surface area contributed by atoms with E-state index >= 15 is 0 Å². The summed E-state index contributed by atoms with van der Waals surface area (Å²) in [6.45, 7) is 0.794. The fraction of sp³-hybridized carbons (Fsp3) is 0.300. The van der Waals surface area contributed by atoms with Crippen LogP contribution in [0.4, 0.5) is 11.4 Å². The second-order valence-corrected chi connectivity index (χ2v) is 3.63. The Hall–Kier alpha value is -1.95. The van der Waals surface area contributed by atoms with Crippen LogP contribution in [0.25, 0.3) is 0 Å². The van der Waals surface area contributed by atoms with Crippen LogP contribution >= 0.6 is 0 Å². The maximum absolute atomic E-state index is 11.6. The molecule has 1 amide bonds. The summed E-state index contributed by atoms with van der Waals surface area (Å²) in [6.07, 6.45) is 0. The van der Waals surface area contributed by atoms with Crippen LogP contribution in [0.2, 0.25) is 0 Å². The predicted molar refractivity (Wildman–Crippen MR) is 58.2 cm³/mol. The Bertz CT molecular complexity index is 459. The van der Waals surface area contributed by atoms with E-state index in [2.05, 4.69) is 5.32 Å². The number of likely N-dealkylation sites (N-methyl/N-ethyl adjacent to an activating group) is 1. The topological polar surface area (TPSA) is 75.5 Å². The number of hydrogen-bond acceptors (Lipinski definition) is 4. The zero-order chi connectivity index (χ0) is 11.7. The van der Waals surface area contributed by atoms with Crippen LogP contribution in [-0.4, -0.2) is 24.4 Å². The van der Waals surface area contributed by atoms with Gasteiger partial charge in [0.2, 0.25) is 5.91 Å². The number of non-ortho nitro benzene ring substituents is 1. The molecule has 2 rings (SSSR count). The number of nitrogens with zero attached hydrogens (tertiary/aromatic N) is 2. The standard InChI is InChI=1S/C10H11N3O3/c1-12-9-4-8(13(15)16)3-2-7(9)5-11-6-10(12)14/h2-4,11H,5-6H2,1H3. The summed E-state index contributed by atoms with van der Waals surface area (Å²) in [5, 5.41) is 13.6. The number of nitro groups is 1. The maximum atomic E-state index is 11.6. The molecule has 1 aliphatic heterocycles. The van der Waals surface area contributed by atoms with Gasteiger partial charge in [-0.2, -0.15) is 0 Å². The molecule has 6 nitrogen and oxygen atoms in total. The van der Waals surface area contributed by atoms with Crippen LogP contribution in [-0.2, 0) is 11.3 Å². The van der Waals surface area contributed by atoms with Crippen LogP contribution in [0.5, 0.6) is 0 Å². The van der Waals surface area contributed by atoms with Gasteiger partial charge in [0.15, 0.2) is 0 Å². The van der Waals surface area contributed by atoms with Crippen LogP contribution < -0.4 is 10.2 Å². The van der Waals surface area contributed by atoms with E-state index in [1.807, 2.05) is 0 Å². The van der Waals surface area contributed by atoms with E-state index in [-0.39, 0.29) is 18.1 Å². The number of rotatable bonds is 1. The van der Waals surface area contributed by atoms with Gasteiger partial charge in [0, 0.05) is 25.7 Å². The van der Waals surface area contributed by atoms with Gasteiger partial charge in [-0.1, -0.05) is 0 Å². The predicted octanol–water partition coefficient (Wildman–Crippen LogP) is 0.661. The van der Waals surface area contributed by atoms with Gasteiger partial charge in [-0.05, 0) is 11.6 Å². The van der Waals surface area contributed by atoms with Gasteiger partial charge in [-0.25, -0.2) is 0 Å². The number of nitro benzene ring substituents is 1. The molecule has 84 valence electrons. The summed E-state index contributed by atoms with van der Waals surface area (Å²) >= 11 is 0. The highest BCUT2D eigenvalue weighted by Crippen LogP contribution is 2.26. The molecule has 6 heteroatoms. The van der Waals surface area contributed by atoms with Crippen molar-refractivity contribution in [2.24, 2.45) is 0 Å². The Balaban J connectivity index is 2.50. The fourth-order valence-electron chi connectivity index (χ4n) is 1.68. The summed E-state index contributed by atoms with van der Waals surface area (Å²) in [5.74, 6) is -0.0979. The number of amides is 1. The van der Waals surface area contributed by atoms with Gasteiger partial charge >= 0.3 is 0 Å². The number of anilines is 1. The van der Waals surface area contributed by atoms with E-state index in [0.29, 0.717) is 12.2 Å². The van der Waals surface area contributed by atoms with Crippen LogP contribution in [0.3, 0.4) is 0 Å². The molecule has 0 fully saturated rings. The molecular formula is C10H11N3O3. The minimum Gasteiger partial charge on any atom is -0.314 e. The molecular weight excluding hydrogens is 210 g/mol. The molecule has 0 unspecified atom stereocenters. The largest absolute Gasteiger partial charge is 0.314 e. The van der Waals surface area contributed by atoms with Crippen LogP contribution in [0.1, 0.15) is 5.56 Å². The molecule has 1 aromatic carbocycles. The molecule has 1 aliphatic rings. The lowest BCUT2D eigenvalue weighted by atomic mass is 10.1. The maximum Gasteiger partial charge on any atom is 0.271 e. The summed E-state index contributed by atoms with van der Waals surface area (Å²) < 4.78 is 0. The SMILES string of the molecule is CN1C(=O)CNCc2ccc([N+](=O)[O-])cc21. The van der Waals surface area contributed by atoms with Crippen molar-refractivity contribution in [2.75, 3.05) is 18.5 Å². The number of carbonyl (C=O) groups excluding carboxylic acids is 1. The van der Waals surface area contributed by atoms with E-state index in [1.54, 1.807) is 13.1 Å². The monoisotopic (exact) mass is 221 g/mol. The first kappa shape index (κ1) is 10.6. The number of benzene rings is 1. The van der Waals surface area contributed by atoms with Crippen LogP contribution in [0, 0.1) is 10.1 Å². The van der Waals surface area contributed by atoms with Gasteiger partial charge in [0.25, 0.3) is 5.69 Å². The first-order valence-electron chi connectivity index (χ1n) is 4.84. The van der Waals surface area contributed by atoms with Gasteiger partial charge < -0.3 is 10.2 Å². The first-order chi connectivity index (χ1) is 7.59. The molecule has 0 radical (unpaired) electrons. The van der Waals surface area contributed by atoms with Crippen molar-refractivity contribution < 1.29 is 9.72 Å². The lowest BCUT2D eigenvalue weighted by Gasteiger charge is -2.16. The van der Waals surface area contributed by atoms with Crippen molar-refractivity contribution in [2.45, 2.75) is 6.54 Å². The lowest BCUT2D eigenvalue weighted by molar-refractivity contribution is -0.384. The molecule has 0 saturated carbocycles. The van der Waals surface area contributed by atoms with Crippen LogP contribution in [0.15, 0.2) is 18.2 Å². The number of hydrogen-bond donors (Lipinski definition) is 1. The van der Waals surface area contributed by atoms with Crippen molar-refractivity contribution in [1.29, 1.82) is 0 Å². The first-order valence-corrected chi connectivity index (χ1v) is 4.84. The number of nitrogens with one attached hydrogen (secondary N) is 1. The van der Waals surface area contributed by atoms with Crippen molar-refractivity contribution in [3.05, 3.63) is 33.9 Å². The summed E-state index contributed by atoms with van der Waals surface area (Å²) in [7, 11) is 1.62. The third-order valence-electron chi connectivity index (χ3n) is 2.61. The molecule has 0 bridgehead atoms. The molecule has 1 N–H and O–H groups in total. The van der Waals surface area contributed by atoms with Crippen molar-refractivity contribution in [1.82, 2.24) is 5.32 Å². The molecule has 16 heavy (non-hydrogen) atoms. The molecule has 0 saturated heterocycles. The highest BCUT2D eigenvalue weighted by atomic mass is 16.6.